The fraction of sp³-hybridized carbons (Fsp3) is 0.476. The number of hydrogen-bond donors (Lipinski definition) is 3. The Bertz CT molecular complexity index is 817. The van der Waals surface area contributed by atoms with Crippen LogP contribution in [0, 0.1) is 13.8 Å². The van der Waals surface area contributed by atoms with Crippen LogP contribution in [0.4, 0.5) is 0 Å². The van der Waals surface area contributed by atoms with E-state index in [1.165, 1.54) is 0 Å². The van der Waals surface area contributed by atoms with Crippen molar-refractivity contribution in [3.05, 3.63) is 47.3 Å². The van der Waals surface area contributed by atoms with Crippen molar-refractivity contribution < 1.29 is 4.79 Å². The number of halogens is 1. The van der Waals surface area contributed by atoms with E-state index in [1.54, 1.807) is 7.05 Å². The topological polar surface area (TPSA) is 83.3 Å². The molecule has 29 heavy (non-hydrogen) atoms. The molecule has 0 saturated heterocycles. The van der Waals surface area contributed by atoms with E-state index in [-0.39, 0.29) is 35.9 Å². The van der Waals surface area contributed by atoms with Crippen molar-refractivity contribution in [2.24, 2.45) is 4.99 Å². The first-order chi connectivity index (χ1) is 13.4. The Morgan fingerprint density at radius 2 is 1.97 bits per heavy atom. The average Bonchev–Trinajstić information content (AvgIpc) is 3.02. The summed E-state index contributed by atoms with van der Waals surface area (Å²) in [5.74, 6) is 0.715. The number of nitrogens with zero attached hydrogens (tertiary/aromatic N) is 3. The number of aryl methyl sites for hydroxylation is 2. The molecule has 2 aromatic rings. The Hall–Kier alpha value is -2.10. The average molecular weight is 512 g/mol. The van der Waals surface area contributed by atoms with Crippen molar-refractivity contribution in [3.8, 4) is 5.69 Å². The normalized spacial score (nSPS) is 12.1. The summed E-state index contributed by atoms with van der Waals surface area (Å²) in [5.41, 5.74) is 4.25. The SMILES string of the molecule is CCC(C)NC(=O)CCNC(=NC)NCc1ccccc1-n1nc(C)cc1C.I. The molecular formula is C21H33IN6O. The number of hydrogen-bond acceptors (Lipinski definition) is 3. The van der Waals surface area contributed by atoms with Crippen LogP contribution in [0.1, 0.15) is 43.6 Å². The molecule has 0 aliphatic heterocycles. The molecule has 0 saturated carbocycles. The molecule has 1 heterocycles. The van der Waals surface area contributed by atoms with Gasteiger partial charge in [0.15, 0.2) is 5.96 Å². The van der Waals surface area contributed by atoms with Crippen molar-refractivity contribution >= 4 is 35.8 Å². The Balaban J connectivity index is 0.00000420. The van der Waals surface area contributed by atoms with Crippen molar-refractivity contribution in [3.63, 3.8) is 0 Å². The van der Waals surface area contributed by atoms with Crippen LogP contribution in [0.15, 0.2) is 35.3 Å². The third kappa shape index (κ3) is 7.68. The van der Waals surface area contributed by atoms with Gasteiger partial charge in [0.2, 0.25) is 5.91 Å². The smallest absolute Gasteiger partial charge is 0.221 e. The van der Waals surface area contributed by atoms with Gasteiger partial charge in [0.1, 0.15) is 0 Å². The quantitative estimate of drug-likeness (QED) is 0.289. The lowest BCUT2D eigenvalue weighted by molar-refractivity contribution is -0.121. The van der Waals surface area contributed by atoms with E-state index in [0.29, 0.717) is 25.5 Å². The van der Waals surface area contributed by atoms with Gasteiger partial charge in [-0.25, -0.2) is 4.68 Å². The molecule has 0 aliphatic carbocycles. The predicted molar refractivity (Wildman–Crippen MR) is 129 cm³/mol. The zero-order valence-electron chi connectivity index (χ0n) is 18.0. The summed E-state index contributed by atoms with van der Waals surface area (Å²) in [5, 5.41) is 14.1. The van der Waals surface area contributed by atoms with Crippen LogP contribution in [0.25, 0.3) is 5.69 Å². The fourth-order valence-corrected chi connectivity index (χ4v) is 2.88. The zero-order valence-corrected chi connectivity index (χ0v) is 20.3. The van der Waals surface area contributed by atoms with Gasteiger partial charge >= 0.3 is 0 Å². The summed E-state index contributed by atoms with van der Waals surface area (Å²) in [6, 6.07) is 10.4. The van der Waals surface area contributed by atoms with Gasteiger partial charge in [-0.05, 0) is 44.9 Å². The van der Waals surface area contributed by atoms with Gasteiger partial charge in [0, 0.05) is 38.3 Å². The molecule has 8 heteroatoms. The number of guanidine groups is 1. The highest BCUT2D eigenvalue weighted by Crippen LogP contribution is 2.16. The first-order valence-corrected chi connectivity index (χ1v) is 9.80. The molecular weight excluding hydrogens is 479 g/mol. The molecule has 0 aliphatic rings. The second-order valence-electron chi connectivity index (χ2n) is 6.95. The van der Waals surface area contributed by atoms with Crippen molar-refractivity contribution in [1.82, 2.24) is 25.7 Å². The van der Waals surface area contributed by atoms with Crippen LogP contribution in [0.2, 0.25) is 0 Å². The molecule has 3 N–H and O–H groups in total. The predicted octanol–water partition coefficient (Wildman–Crippen LogP) is 3.08. The standard InChI is InChI=1S/C21H32N6O.HI/c1-6-15(2)25-20(28)11-12-23-21(22-5)24-14-18-9-7-8-10-19(18)27-17(4)13-16(3)26-27;/h7-10,13,15H,6,11-12,14H2,1-5H3,(H,25,28)(H2,22,23,24);1H. The summed E-state index contributed by atoms with van der Waals surface area (Å²) >= 11 is 0. The second-order valence-corrected chi connectivity index (χ2v) is 6.95. The van der Waals surface area contributed by atoms with Crippen LogP contribution >= 0.6 is 24.0 Å². The molecule has 0 radical (unpaired) electrons. The number of benzene rings is 1. The molecule has 0 spiro atoms. The number of carbonyl (C=O) groups is 1. The monoisotopic (exact) mass is 512 g/mol. The molecule has 0 bridgehead atoms. The van der Waals surface area contributed by atoms with Gasteiger partial charge in [-0.15, -0.1) is 24.0 Å². The maximum absolute atomic E-state index is 11.9. The van der Waals surface area contributed by atoms with E-state index in [9.17, 15) is 4.79 Å². The van der Waals surface area contributed by atoms with E-state index < -0.39 is 0 Å². The van der Waals surface area contributed by atoms with E-state index in [2.05, 4.69) is 58.1 Å². The number of aliphatic imine (C=N–C) groups is 1. The van der Waals surface area contributed by atoms with Crippen molar-refractivity contribution in [1.29, 1.82) is 0 Å². The van der Waals surface area contributed by atoms with E-state index in [1.807, 2.05) is 30.7 Å². The largest absolute Gasteiger partial charge is 0.356 e. The third-order valence-corrected chi connectivity index (χ3v) is 4.56. The van der Waals surface area contributed by atoms with Crippen LogP contribution < -0.4 is 16.0 Å². The minimum absolute atomic E-state index is 0. The van der Waals surface area contributed by atoms with E-state index in [0.717, 1.165) is 29.1 Å². The van der Waals surface area contributed by atoms with Crippen LogP contribution in [0.5, 0.6) is 0 Å². The lowest BCUT2D eigenvalue weighted by Crippen LogP contribution is -2.40. The minimum Gasteiger partial charge on any atom is -0.356 e. The highest BCUT2D eigenvalue weighted by Gasteiger charge is 2.10. The van der Waals surface area contributed by atoms with Gasteiger partial charge in [0.25, 0.3) is 0 Å². The Kier molecular flexibility index (Phi) is 10.7. The molecule has 1 aromatic carbocycles. The molecule has 2 rings (SSSR count). The molecule has 1 amide bonds. The number of para-hydroxylation sites is 1. The van der Waals surface area contributed by atoms with Gasteiger partial charge in [-0.3, -0.25) is 9.79 Å². The lowest BCUT2D eigenvalue weighted by Gasteiger charge is -2.15. The lowest BCUT2D eigenvalue weighted by atomic mass is 10.1. The molecule has 1 atom stereocenters. The van der Waals surface area contributed by atoms with Gasteiger partial charge in [-0.2, -0.15) is 5.10 Å². The third-order valence-electron chi connectivity index (χ3n) is 4.56. The zero-order chi connectivity index (χ0) is 20.5. The van der Waals surface area contributed by atoms with Crippen molar-refractivity contribution in [2.75, 3.05) is 13.6 Å². The maximum atomic E-state index is 11.9. The van der Waals surface area contributed by atoms with Crippen molar-refractivity contribution in [2.45, 2.75) is 53.1 Å². The first-order valence-electron chi connectivity index (χ1n) is 9.80. The van der Waals surface area contributed by atoms with Crippen LogP contribution in [-0.4, -0.2) is 41.3 Å². The highest BCUT2D eigenvalue weighted by molar-refractivity contribution is 14.0. The molecule has 160 valence electrons. The number of amides is 1. The second kappa shape index (κ2) is 12.5. The highest BCUT2D eigenvalue weighted by atomic mass is 127. The number of nitrogens with one attached hydrogen (secondary N) is 3. The molecule has 7 nitrogen and oxygen atoms in total. The summed E-state index contributed by atoms with van der Waals surface area (Å²) < 4.78 is 1.96. The Labute approximate surface area is 190 Å². The number of rotatable bonds is 8. The first kappa shape index (κ1) is 24.9. The van der Waals surface area contributed by atoms with Gasteiger partial charge < -0.3 is 16.0 Å². The summed E-state index contributed by atoms with van der Waals surface area (Å²) in [7, 11) is 1.72. The summed E-state index contributed by atoms with van der Waals surface area (Å²) in [6.07, 6.45) is 1.34. The Morgan fingerprint density at radius 1 is 1.24 bits per heavy atom. The summed E-state index contributed by atoms with van der Waals surface area (Å²) in [4.78, 5) is 16.1. The van der Waals surface area contributed by atoms with Crippen LogP contribution in [-0.2, 0) is 11.3 Å². The maximum Gasteiger partial charge on any atom is 0.221 e. The van der Waals surface area contributed by atoms with E-state index in [4.69, 9.17) is 0 Å². The minimum atomic E-state index is 0. The molecule has 1 aromatic heterocycles. The van der Waals surface area contributed by atoms with Gasteiger partial charge in [0.05, 0.1) is 11.4 Å². The molecule has 1 unspecified atom stereocenters. The Morgan fingerprint density at radius 3 is 2.59 bits per heavy atom. The number of aromatic nitrogens is 2. The van der Waals surface area contributed by atoms with E-state index >= 15 is 0 Å². The fourth-order valence-electron chi connectivity index (χ4n) is 2.88. The van der Waals surface area contributed by atoms with Crippen LogP contribution in [0.3, 0.4) is 0 Å². The molecule has 0 fully saturated rings. The van der Waals surface area contributed by atoms with Gasteiger partial charge in [-0.1, -0.05) is 25.1 Å². The summed E-state index contributed by atoms with van der Waals surface area (Å²) in [6.45, 7) is 9.24. The number of carbonyl (C=O) groups excluding carboxylic acids is 1.